The summed E-state index contributed by atoms with van der Waals surface area (Å²) in [5.74, 6) is 0.962. The fourth-order valence-electron chi connectivity index (χ4n) is 2.78. The zero-order chi connectivity index (χ0) is 14.4. The molecule has 1 aromatic heterocycles. The van der Waals surface area contributed by atoms with Crippen molar-refractivity contribution >= 4 is 5.95 Å². The van der Waals surface area contributed by atoms with E-state index in [0.717, 1.165) is 24.7 Å². The Hall–Kier alpha value is -1.07. The second kappa shape index (κ2) is 7.64. The fraction of sp³-hybridized carbons (Fsp3) is 0.800. The number of aromatic nitrogens is 2. The molecule has 0 saturated carbocycles. The van der Waals surface area contributed by atoms with Crippen molar-refractivity contribution in [3.8, 4) is 0 Å². The van der Waals surface area contributed by atoms with Gasteiger partial charge in [0.2, 0.25) is 5.95 Å². The Morgan fingerprint density at radius 1 is 1.30 bits per heavy atom. The number of nitrogens with one attached hydrogen (secondary N) is 1. The molecule has 5 nitrogen and oxygen atoms in total. The lowest BCUT2D eigenvalue weighted by Crippen LogP contribution is -2.33. The predicted molar refractivity (Wildman–Crippen MR) is 82.2 cm³/mol. The summed E-state index contributed by atoms with van der Waals surface area (Å²) >= 11 is 0. The van der Waals surface area contributed by atoms with E-state index < -0.39 is 0 Å². The van der Waals surface area contributed by atoms with Gasteiger partial charge < -0.3 is 19.5 Å². The lowest BCUT2D eigenvalue weighted by Gasteiger charge is -2.26. The predicted octanol–water partition coefficient (Wildman–Crippen LogP) is 2.12. The van der Waals surface area contributed by atoms with Crippen LogP contribution in [0.3, 0.4) is 0 Å². The van der Waals surface area contributed by atoms with Crippen molar-refractivity contribution in [2.24, 2.45) is 0 Å². The molecule has 1 aliphatic heterocycles. The van der Waals surface area contributed by atoms with Crippen LogP contribution in [0.4, 0.5) is 5.95 Å². The third kappa shape index (κ3) is 4.49. The lowest BCUT2D eigenvalue weighted by atomic mass is 10.1. The summed E-state index contributed by atoms with van der Waals surface area (Å²) in [6, 6.07) is 0.274. The van der Waals surface area contributed by atoms with Crippen LogP contribution in [-0.2, 0) is 11.3 Å². The normalized spacial score (nSPS) is 18.1. The first-order valence-electron chi connectivity index (χ1n) is 7.70. The largest absolute Gasteiger partial charge is 0.383 e. The summed E-state index contributed by atoms with van der Waals surface area (Å²) < 4.78 is 7.40. The molecule has 1 aromatic rings. The average Bonchev–Trinajstić information content (AvgIpc) is 2.78. The summed E-state index contributed by atoms with van der Waals surface area (Å²) in [5, 5.41) is 3.43. The second-order valence-electron chi connectivity index (χ2n) is 5.80. The van der Waals surface area contributed by atoms with Crippen LogP contribution in [0.15, 0.2) is 6.20 Å². The van der Waals surface area contributed by atoms with Gasteiger partial charge in [0, 0.05) is 32.4 Å². The van der Waals surface area contributed by atoms with Crippen molar-refractivity contribution in [1.82, 2.24) is 14.5 Å². The Labute approximate surface area is 122 Å². The topological polar surface area (TPSA) is 42.3 Å². The quantitative estimate of drug-likeness (QED) is 0.831. The van der Waals surface area contributed by atoms with Crippen molar-refractivity contribution < 1.29 is 4.74 Å². The number of rotatable bonds is 7. The van der Waals surface area contributed by atoms with Crippen molar-refractivity contribution in [1.29, 1.82) is 0 Å². The molecular weight excluding hydrogens is 252 g/mol. The number of likely N-dealkylation sites (tertiary alicyclic amines) is 1. The molecule has 114 valence electrons. The van der Waals surface area contributed by atoms with Crippen molar-refractivity contribution in [3.05, 3.63) is 11.9 Å². The van der Waals surface area contributed by atoms with Crippen molar-refractivity contribution in [3.63, 3.8) is 0 Å². The first kappa shape index (κ1) is 15.3. The SMILES string of the molecule is COCC(C)Nc1nc(C)cn1CCN1CCCCC1. The van der Waals surface area contributed by atoms with Crippen LogP contribution < -0.4 is 5.32 Å². The van der Waals surface area contributed by atoms with Gasteiger partial charge in [-0.05, 0) is 39.8 Å². The summed E-state index contributed by atoms with van der Waals surface area (Å²) in [4.78, 5) is 7.13. The first-order chi connectivity index (χ1) is 9.69. The summed E-state index contributed by atoms with van der Waals surface area (Å²) in [7, 11) is 1.73. The molecule has 2 heterocycles. The average molecular weight is 280 g/mol. The number of methoxy groups -OCH3 is 1. The molecule has 0 spiro atoms. The van der Waals surface area contributed by atoms with Gasteiger partial charge in [-0.25, -0.2) is 4.98 Å². The number of nitrogens with zero attached hydrogens (tertiary/aromatic N) is 3. The van der Waals surface area contributed by atoms with Crippen LogP contribution in [0.5, 0.6) is 0 Å². The number of anilines is 1. The van der Waals surface area contributed by atoms with Gasteiger partial charge in [-0.1, -0.05) is 6.42 Å². The molecular formula is C15H28N4O. The summed E-state index contributed by atoms with van der Waals surface area (Å²) in [5.41, 5.74) is 1.07. The molecule has 1 atom stereocenters. The standard InChI is InChI=1S/C15H28N4O/c1-13-11-19(10-9-18-7-5-4-6-8-18)15(16-13)17-14(2)12-20-3/h11,14H,4-10,12H2,1-3H3,(H,16,17). The Kier molecular flexibility index (Phi) is 5.86. The van der Waals surface area contributed by atoms with Gasteiger partial charge in [-0.2, -0.15) is 0 Å². The Bertz CT molecular complexity index is 399. The summed E-state index contributed by atoms with van der Waals surface area (Å²) in [6.07, 6.45) is 6.21. The van der Waals surface area contributed by atoms with E-state index in [1.54, 1.807) is 7.11 Å². The maximum atomic E-state index is 5.17. The maximum Gasteiger partial charge on any atom is 0.203 e. The third-order valence-corrected chi connectivity index (χ3v) is 3.79. The molecule has 2 rings (SSSR count). The maximum absolute atomic E-state index is 5.17. The van der Waals surface area contributed by atoms with Crippen LogP contribution in [0.2, 0.25) is 0 Å². The minimum Gasteiger partial charge on any atom is -0.383 e. The van der Waals surface area contributed by atoms with Crippen LogP contribution in [0.25, 0.3) is 0 Å². The highest BCUT2D eigenvalue weighted by Crippen LogP contribution is 2.12. The van der Waals surface area contributed by atoms with Crippen molar-refractivity contribution in [2.75, 3.05) is 38.7 Å². The van der Waals surface area contributed by atoms with E-state index in [-0.39, 0.29) is 6.04 Å². The molecule has 1 unspecified atom stereocenters. The molecule has 0 amide bonds. The van der Waals surface area contributed by atoms with Crippen LogP contribution in [0, 0.1) is 6.92 Å². The van der Waals surface area contributed by atoms with E-state index in [1.165, 1.54) is 32.4 Å². The Morgan fingerprint density at radius 3 is 2.75 bits per heavy atom. The van der Waals surface area contributed by atoms with Gasteiger partial charge in [0.15, 0.2) is 0 Å². The molecule has 0 bridgehead atoms. The van der Waals surface area contributed by atoms with E-state index in [9.17, 15) is 0 Å². The highest BCUT2D eigenvalue weighted by atomic mass is 16.5. The fourth-order valence-corrected chi connectivity index (χ4v) is 2.78. The smallest absolute Gasteiger partial charge is 0.203 e. The third-order valence-electron chi connectivity index (χ3n) is 3.79. The molecule has 1 saturated heterocycles. The van der Waals surface area contributed by atoms with Gasteiger partial charge in [-0.3, -0.25) is 0 Å². The zero-order valence-electron chi connectivity index (χ0n) is 13.1. The van der Waals surface area contributed by atoms with E-state index >= 15 is 0 Å². The van der Waals surface area contributed by atoms with Gasteiger partial charge in [0.25, 0.3) is 0 Å². The van der Waals surface area contributed by atoms with Crippen molar-refractivity contribution in [2.45, 2.75) is 45.7 Å². The molecule has 1 N–H and O–H groups in total. The molecule has 0 aromatic carbocycles. The number of hydrogen-bond acceptors (Lipinski definition) is 4. The minimum atomic E-state index is 0.274. The minimum absolute atomic E-state index is 0.274. The van der Waals surface area contributed by atoms with E-state index in [0.29, 0.717) is 6.61 Å². The number of hydrogen-bond donors (Lipinski definition) is 1. The lowest BCUT2D eigenvalue weighted by molar-refractivity contribution is 0.190. The second-order valence-corrected chi connectivity index (χ2v) is 5.80. The van der Waals surface area contributed by atoms with E-state index in [2.05, 4.69) is 32.9 Å². The number of aryl methyl sites for hydroxylation is 1. The number of imidazole rings is 1. The number of ether oxygens (including phenoxy) is 1. The van der Waals surface area contributed by atoms with Gasteiger partial charge in [0.05, 0.1) is 12.3 Å². The Morgan fingerprint density at radius 2 is 2.05 bits per heavy atom. The number of piperidine rings is 1. The highest BCUT2D eigenvalue weighted by molar-refractivity contribution is 5.30. The van der Waals surface area contributed by atoms with Gasteiger partial charge in [-0.15, -0.1) is 0 Å². The highest BCUT2D eigenvalue weighted by Gasteiger charge is 2.12. The van der Waals surface area contributed by atoms with E-state index in [4.69, 9.17) is 4.74 Å². The molecule has 1 fully saturated rings. The molecule has 5 heteroatoms. The molecule has 20 heavy (non-hydrogen) atoms. The molecule has 1 aliphatic rings. The van der Waals surface area contributed by atoms with Crippen LogP contribution >= 0.6 is 0 Å². The van der Waals surface area contributed by atoms with E-state index in [1.807, 2.05) is 6.92 Å². The molecule has 0 aliphatic carbocycles. The van der Waals surface area contributed by atoms with Gasteiger partial charge >= 0.3 is 0 Å². The Balaban J connectivity index is 1.89. The first-order valence-corrected chi connectivity index (χ1v) is 7.70. The monoisotopic (exact) mass is 280 g/mol. The zero-order valence-corrected chi connectivity index (χ0v) is 13.1. The summed E-state index contributed by atoms with van der Waals surface area (Å²) in [6.45, 7) is 9.46. The molecule has 0 radical (unpaired) electrons. The van der Waals surface area contributed by atoms with Crippen LogP contribution in [-0.4, -0.2) is 53.8 Å². The van der Waals surface area contributed by atoms with Gasteiger partial charge in [0.1, 0.15) is 0 Å². The van der Waals surface area contributed by atoms with Crippen LogP contribution in [0.1, 0.15) is 31.9 Å².